The Labute approximate surface area is 129 Å². The zero-order valence-electron chi connectivity index (χ0n) is 12.9. The molecule has 9 nitrogen and oxygen atoms in total. The van der Waals surface area contributed by atoms with Gasteiger partial charge in [-0.05, 0) is 27.7 Å². The van der Waals surface area contributed by atoms with Gasteiger partial charge in [0.25, 0.3) is 0 Å². The van der Waals surface area contributed by atoms with Gasteiger partial charge in [0.05, 0.1) is 6.61 Å². The van der Waals surface area contributed by atoms with Gasteiger partial charge in [-0.25, -0.2) is 9.32 Å². The molecule has 0 aromatic carbocycles. The van der Waals surface area contributed by atoms with E-state index in [-0.39, 0.29) is 13.2 Å². The van der Waals surface area contributed by atoms with Gasteiger partial charge in [0, 0.05) is 0 Å². The van der Waals surface area contributed by atoms with E-state index in [1.165, 1.54) is 0 Å². The Morgan fingerprint density at radius 2 is 1.77 bits per heavy atom. The molecule has 128 valence electrons. The molecule has 3 aliphatic heterocycles. The van der Waals surface area contributed by atoms with E-state index in [0.29, 0.717) is 0 Å². The van der Waals surface area contributed by atoms with Crippen LogP contribution in [-0.2, 0) is 38.2 Å². The average molecular weight is 339 g/mol. The summed E-state index contributed by atoms with van der Waals surface area (Å²) >= 11 is 0. The number of rotatable bonds is 2. The van der Waals surface area contributed by atoms with Gasteiger partial charge in [0.1, 0.15) is 18.8 Å². The minimum Gasteiger partial charge on any atom is -0.345 e. The summed E-state index contributed by atoms with van der Waals surface area (Å²) in [5, 5.41) is 5.04. The summed E-state index contributed by atoms with van der Waals surface area (Å²) in [6.45, 7) is 7.00. The van der Waals surface area contributed by atoms with E-state index in [9.17, 15) is 8.42 Å². The Morgan fingerprint density at radius 3 is 2.32 bits per heavy atom. The van der Waals surface area contributed by atoms with Crippen LogP contribution in [0.3, 0.4) is 0 Å². The van der Waals surface area contributed by atoms with Crippen LogP contribution in [0.15, 0.2) is 0 Å². The predicted molar refractivity (Wildman–Crippen MR) is 71.6 cm³/mol. The fraction of sp³-hybridized carbons (Fsp3) is 1.00. The molecule has 0 amide bonds. The maximum atomic E-state index is 11.5. The van der Waals surface area contributed by atoms with Crippen molar-refractivity contribution in [3.05, 3.63) is 0 Å². The maximum Gasteiger partial charge on any atom is 0.333 e. The summed E-state index contributed by atoms with van der Waals surface area (Å²) in [6, 6.07) is 0. The average Bonchev–Trinajstić information content (AvgIpc) is 2.79. The molecule has 0 bridgehead atoms. The summed E-state index contributed by atoms with van der Waals surface area (Å²) in [4.78, 5) is 0. The molecule has 2 N–H and O–H groups in total. The van der Waals surface area contributed by atoms with E-state index in [4.69, 9.17) is 33.0 Å². The van der Waals surface area contributed by atoms with Gasteiger partial charge >= 0.3 is 10.3 Å². The monoisotopic (exact) mass is 339 g/mol. The van der Waals surface area contributed by atoms with E-state index in [1.807, 2.05) is 0 Å². The van der Waals surface area contributed by atoms with Crippen molar-refractivity contribution in [2.45, 2.75) is 63.4 Å². The van der Waals surface area contributed by atoms with Crippen LogP contribution < -0.4 is 5.14 Å². The molecular formula is C12H21NO8S. The Morgan fingerprint density at radius 1 is 1.09 bits per heavy atom. The van der Waals surface area contributed by atoms with Crippen LogP contribution >= 0.6 is 0 Å². The Hall–Kier alpha value is -0.330. The lowest BCUT2D eigenvalue weighted by atomic mass is 9.97. The van der Waals surface area contributed by atoms with Gasteiger partial charge in [-0.3, -0.25) is 0 Å². The maximum absolute atomic E-state index is 11.5. The van der Waals surface area contributed by atoms with E-state index in [1.54, 1.807) is 27.7 Å². The van der Waals surface area contributed by atoms with Crippen LogP contribution in [0, 0.1) is 0 Å². The zero-order chi connectivity index (χ0) is 16.4. The fourth-order valence-electron chi connectivity index (χ4n) is 3.04. The lowest BCUT2D eigenvalue weighted by molar-refractivity contribution is -0.320. The molecule has 0 unspecified atom stereocenters. The Bertz CT molecular complexity index is 559. The summed E-state index contributed by atoms with van der Waals surface area (Å²) in [6.07, 6.45) is -2.33. The van der Waals surface area contributed by atoms with Crippen molar-refractivity contribution >= 4 is 10.3 Å². The molecule has 3 heterocycles. The number of hydrogen-bond donors (Lipinski definition) is 1. The summed E-state index contributed by atoms with van der Waals surface area (Å²) < 4.78 is 56.5. The quantitative estimate of drug-likeness (QED) is 0.723. The smallest absolute Gasteiger partial charge is 0.333 e. The summed E-state index contributed by atoms with van der Waals surface area (Å²) in [7, 11) is -4.25. The normalized spacial score (nSPS) is 43.4. The second kappa shape index (κ2) is 4.84. The molecule has 4 atom stereocenters. The molecule has 3 aliphatic rings. The number of fused-ring (bicyclic) bond motifs is 1. The lowest BCUT2D eigenvalue weighted by Gasteiger charge is -2.42. The third kappa shape index (κ3) is 3.02. The van der Waals surface area contributed by atoms with Gasteiger partial charge in [0.2, 0.25) is 5.79 Å². The van der Waals surface area contributed by atoms with Gasteiger partial charge in [-0.1, -0.05) is 0 Å². The van der Waals surface area contributed by atoms with Crippen molar-refractivity contribution in [3.8, 4) is 0 Å². The minimum atomic E-state index is -4.25. The van der Waals surface area contributed by atoms with Crippen molar-refractivity contribution in [1.82, 2.24) is 0 Å². The second-order valence-electron chi connectivity index (χ2n) is 6.56. The van der Waals surface area contributed by atoms with Crippen LogP contribution in [0.1, 0.15) is 27.7 Å². The lowest BCUT2D eigenvalue weighted by Crippen LogP contribution is -2.63. The first-order valence-electron chi connectivity index (χ1n) is 6.96. The van der Waals surface area contributed by atoms with Crippen molar-refractivity contribution < 1.29 is 36.3 Å². The van der Waals surface area contributed by atoms with E-state index in [2.05, 4.69) is 0 Å². The standard InChI is InChI=1S/C12H21NO8S/c1-10(2)17-6-12(21-10)9(20-22(13,14)15)8-7(5-16-12)18-11(3,4)19-8/h7-9H,5-6H2,1-4H3,(H2,13,14,15)/t7-,8-,9+,12+/m1/s1. The zero-order valence-corrected chi connectivity index (χ0v) is 13.7. The molecule has 0 saturated carbocycles. The molecule has 10 heteroatoms. The third-order valence-electron chi connectivity index (χ3n) is 3.72. The highest BCUT2D eigenvalue weighted by atomic mass is 32.2. The highest BCUT2D eigenvalue weighted by Gasteiger charge is 2.64. The van der Waals surface area contributed by atoms with Crippen molar-refractivity contribution in [2.24, 2.45) is 5.14 Å². The highest BCUT2D eigenvalue weighted by Crippen LogP contribution is 2.45. The van der Waals surface area contributed by atoms with E-state index < -0.39 is 46.0 Å². The fourth-order valence-corrected chi connectivity index (χ4v) is 3.58. The second-order valence-corrected chi connectivity index (χ2v) is 7.74. The number of hydrogen-bond acceptors (Lipinski definition) is 8. The van der Waals surface area contributed by atoms with Crippen LogP contribution in [-0.4, -0.2) is 57.3 Å². The first-order chi connectivity index (χ1) is 9.92. The van der Waals surface area contributed by atoms with Crippen LogP contribution in [0.25, 0.3) is 0 Å². The molecule has 3 rings (SSSR count). The van der Waals surface area contributed by atoms with E-state index in [0.717, 1.165) is 0 Å². The first-order valence-corrected chi connectivity index (χ1v) is 8.43. The van der Waals surface area contributed by atoms with Crippen molar-refractivity contribution in [3.63, 3.8) is 0 Å². The number of nitrogens with two attached hydrogens (primary N) is 1. The minimum absolute atomic E-state index is 0.00675. The van der Waals surface area contributed by atoms with Gasteiger partial charge < -0.3 is 23.7 Å². The highest BCUT2D eigenvalue weighted by molar-refractivity contribution is 7.84. The predicted octanol–water partition coefficient (Wildman–Crippen LogP) is -0.395. The molecule has 1 spiro atoms. The number of ether oxygens (including phenoxy) is 5. The molecule has 0 aliphatic carbocycles. The first kappa shape index (κ1) is 16.5. The van der Waals surface area contributed by atoms with Crippen LogP contribution in [0.4, 0.5) is 0 Å². The van der Waals surface area contributed by atoms with E-state index >= 15 is 0 Å². The van der Waals surface area contributed by atoms with Crippen molar-refractivity contribution in [1.29, 1.82) is 0 Å². The SMILES string of the molecule is CC1(C)O[C@@H]2[C@@H](CO[C@]3(COC(C)(C)O3)[C@H]2OS(N)(=O)=O)O1. The molecule has 0 aromatic rings. The van der Waals surface area contributed by atoms with Gasteiger partial charge in [-0.15, -0.1) is 0 Å². The molecule has 22 heavy (non-hydrogen) atoms. The largest absolute Gasteiger partial charge is 0.345 e. The molecular weight excluding hydrogens is 318 g/mol. The molecule has 0 aromatic heterocycles. The van der Waals surface area contributed by atoms with Crippen molar-refractivity contribution in [2.75, 3.05) is 13.2 Å². The Kier molecular flexibility index (Phi) is 3.63. The van der Waals surface area contributed by atoms with Gasteiger partial charge in [0.15, 0.2) is 17.7 Å². The third-order valence-corrected chi connectivity index (χ3v) is 4.20. The van der Waals surface area contributed by atoms with Gasteiger partial charge in [-0.2, -0.15) is 8.42 Å². The Balaban J connectivity index is 1.94. The molecule has 0 radical (unpaired) electrons. The van der Waals surface area contributed by atoms with Crippen LogP contribution in [0.5, 0.6) is 0 Å². The molecule has 3 fully saturated rings. The van der Waals surface area contributed by atoms with Crippen LogP contribution in [0.2, 0.25) is 0 Å². The topological polar surface area (TPSA) is 116 Å². The summed E-state index contributed by atoms with van der Waals surface area (Å²) in [5.74, 6) is -3.25. The molecule has 3 saturated heterocycles. The summed E-state index contributed by atoms with van der Waals surface area (Å²) in [5.41, 5.74) is 0.